The SMILES string of the molecule is C=C1N(C)C(=O)C(C)=CN1[C@H]1CC(N=[N+]=[N-])[C@@H](COC)O1.CCOC[C@H]1O[C@@H](n2cc(C)c(=O)n(CC)c2=O)CC1N=[N+]=[N-]. The number of hydrogen-bond acceptors (Lipinski definition) is 10. The Morgan fingerprint density at radius 1 is 1.02 bits per heavy atom. The zero-order valence-electron chi connectivity index (χ0n) is 25.9. The highest BCUT2D eigenvalue weighted by Gasteiger charge is 2.40. The number of azide groups is 2. The zero-order valence-corrected chi connectivity index (χ0v) is 25.9. The largest absolute Gasteiger partial charge is 0.382 e. The lowest BCUT2D eigenvalue weighted by Crippen LogP contribution is -2.43. The van der Waals surface area contributed by atoms with E-state index in [2.05, 4.69) is 26.6 Å². The van der Waals surface area contributed by atoms with Gasteiger partial charge < -0.3 is 23.8 Å². The minimum atomic E-state index is -0.583. The molecule has 0 radical (unpaired) electrons. The van der Waals surface area contributed by atoms with Gasteiger partial charge in [0.2, 0.25) is 0 Å². The molecule has 0 N–H and O–H groups in total. The topological polar surface area (TPSA) is 202 Å². The van der Waals surface area contributed by atoms with Crippen molar-refractivity contribution >= 4 is 5.91 Å². The number of methoxy groups -OCH3 is 1. The molecule has 2 fully saturated rings. The van der Waals surface area contributed by atoms with Crippen LogP contribution < -0.4 is 11.2 Å². The monoisotopic (exact) mass is 616 g/mol. The van der Waals surface area contributed by atoms with E-state index < -0.39 is 24.1 Å². The van der Waals surface area contributed by atoms with Crippen molar-refractivity contribution in [2.75, 3.05) is 34.0 Å². The molecule has 17 nitrogen and oxygen atoms in total. The second kappa shape index (κ2) is 15.6. The van der Waals surface area contributed by atoms with Gasteiger partial charge in [-0.1, -0.05) is 16.8 Å². The summed E-state index contributed by atoms with van der Waals surface area (Å²) in [6.07, 6.45) is 2.46. The molecule has 0 aromatic carbocycles. The molecule has 0 aliphatic carbocycles. The third kappa shape index (κ3) is 7.50. The van der Waals surface area contributed by atoms with Gasteiger partial charge in [0.15, 0.2) is 0 Å². The van der Waals surface area contributed by atoms with Crippen molar-refractivity contribution in [2.24, 2.45) is 10.2 Å². The Hall–Kier alpha value is -4.11. The highest BCUT2D eigenvalue weighted by Crippen LogP contribution is 2.32. The molecular weight excluding hydrogens is 576 g/mol. The Kier molecular flexibility index (Phi) is 12.2. The average molecular weight is 617 g/mol. The summed E-state index contributed by atoms with van der Waals surface area (Å²) in [6.45, 7) is 12.4. The lowest BCUT2D eigenvalue weighted by atomic mass is 10.1. The summed E-state index contributed by atoms with van der Waals surface area (Å²) in [5.41, 5.74) is 17.7. The first-order valence-electron chi connectivity index (χ1n) is 14.2. The van der Waals surface area contributed by atoms with Crippen molar-refractivity contribution in [1.82, 2.24) is 18.9 Å². The minimum absolute atomic E-state index is 0.0886. The summed E-state index contributed by atoms with van der Waals surface area (Å²) < 4.78 is 24.7. The summed E-state index contributed by atoms with van der Waals surface area (Å²) >= 11 is 0. The maximum atomic E-state index is 12.5. The van der Waals surface area contributed by atoms with Crippen molar-refractivity contribution in [2.45, 2.75) is 83.8 Å². The smallest absolute Gasteiger partial charge is 0.333 e. The number of likely N-dealkylation sites (N-methyl/N-ethyl adjacent to an activating group) is 1. The molecule has 1 aromatic heterocycles. The maximum absolute atomic E-state index is 12.5. The van der Waals surface area contributed by atoms with Crippen LogP contribution in [0.1, 0.15) is 45.4 Å². The Morgan fingerprint density at radius 2 is 1.61 bits per heavy atom. The fraction of sp³-hybridized carbons (Fsp3) is 0.667. The summed E-state index contributed by atoms with van der Waals surface area (Å²) in [5.74, 6) is 0.447. The van der Waals surface area contributed by atoms with E-state index in [0.717, 1.165) is 4.57 Å². The van der Waals surface area contributed by atoms with Crippen molar-refractivity contribution in [3.05, 3.63) is 77.7 Å². The summed E-state index contributed by atoms with van der Waals surface area (Å²) in [7, 11) is 3.24. The number of ether oxygens (including phenoxy) is 4. The van der Waals surface area contributed by atoms with E-state index in [0.29, 0.717) is 43.0 Å². The molecule has 0 saturated carbocycles. The molecule has 0 bridgehead atoms. The average Bonchev–Trinajstić information content (AvgIpc) is 3.59. The number of rotatable bonds is 10. The van der Waals surface area contributed by atoms with Gasteiger partial charge in [-0.2, -0.15) is 0 Å². The number of aromatic nitrogens is 2. The zero-order chi connectivity index (χ0) is 32.6. The lowest BCUT2D eigenvalue weighted by molar-refractivity contribution is -0.128. The van der Waals surface area contributed by atoms with Crippen LogP contribution in [0.3, 0.4) is 0 Å². The number of carbonyl (C=O) groups excluding carboxylic acids is 1. The van der Waals surface area contributed by atoms with Crippen LogP contribution in [0.25, 0.3) is 20.9 Å². The third-order valence-electron chi connectivity index (χ3n) is 7.59. The van der Waals surface area contributed by atoms with Crippen LogP contribution >= 0.6 is 0 Å². The first kappa shape index (κ1) is 34.4. The molecule has 4 rings (SSSR count). The van der Waals surface area contributed by atoms with Crippen LogP contribution in [-0.4, -0.2) is 89.3 Å². The molecule has 0 spiro atoms. The quantitative estimate of drug-likeness (QED) is 0.217. The first-order valence-corrected chi connectivity index (χ1v) is 14.2. The van der Waals surface area contributed by atoms with Crippen LogP contribution in [0, 0.1) is 6.92 Å². The van der Waals surface area contributed by atoms with Crippen LogP contribution in [0.15, 0.2) is 50.2 Å². The van der Waals surface area contributed by atoms with Gasteiger partial charge in [-0.25, -0.2) is 4.79 Å². The van der Waals surface area contributed by atoms with Gasteiger partial charge in [0.05, 0.1) is 37.5 Å². The standard InChI is InChI=1S/C14H21N5O4.C13H19N5O3/c1-4-18-13(20)9(3)7-19(14(18)21)12-6-10(16-17-15)11(23-12)8-22-5-2;1-8-6-18(9(2)17(3)13(8)19)12-5-10(15-16-14)11(21-12)7-20-4/h7,10-12H,4-6,8H2,1-3H3;6,10-12H,2,5,7H2,1,3-4H3/t2*10?,11-,12-/m11/s1. The second-order valence-electron chi connectivity index (χ2n) is 10.4. The van der Waals surface area contributed by atoms with Gasteiger partial charge >= 0.3 is 5.69 Å². The van der Waals surface area contributed by atoms with E-state index in [-0.39, 0.29) is 43.0 Å². The normalized spacial score (nSPS) is 26.5. The van der Waals surface area contributed by atoms with Gasteiger partial charge in [0.25, 0.3) is 11.5 Å². The number of amides is 1. The highest BCUT2D eigenvalue weighted by atomic mass is 16.6. The Labute approximate surface area is 254 Å². The van der Waals surface area contributed by atoms with Crippen LogP contribution in [0.5, 0.6) is 0 Å². The molecule has 1 amide bonds. The molecule has 240 valence electrons. The van der Waals surface area contributed by atoms with E-state index in [9.17, 15) is 14.4 Å². The van der Waals surface area contributed by atoms with E-state index in [4.69, 9.17) is 30.0 Å². The van der Waals surface area contributed by atoms with Gasteiger partial charge in [-0.3, -0.25) is 23.6 Å². The molecule has 1 aromatic rings. The van der Waals surface area contributed by atoms with Gasteiger partial charge in [0, 0.05) is 73.5 Å². The predicted molar refractivity (Wildman–Crippen MR) is 159 cm³/mol. The summed E-state index contributed by atoms with van der Waals surface area (Å²) in [6, 6.07) is -0.713. The molecule has 17 heteroatoms. The summed E-state index contributed by atoms with van der Waals surface area (Å²) in [5, 5.41) is 7.50. The minimum Gasteiger partial charge on any atom is -0.382 e. The number of carbonyl (C=O) groups is 1. The van der Waals surface area contributed by atoms with E-state index >= 15 is 0 Å². The molecule has 2 saturated heterocycles. The van der Waals surface area contributed by atoms with Crippen LogP contribution in [-0.2, 0) is 30.3 Å². The van der Waals surface area contributed by atoms with Gasteiger partial charge in [-0.05, 0) is 38.8 Å². The Morgan fingerprint density at radius 3 is 2.18 bits per heavy atom. The van der Waals surface area contributed by atoms with Crippen LogP contribution in [0.4, 0.5) is 0 Å². The summed E-state index contributed by atoms with van der Waals surface area (Å²) in [4.78, 5) is 45.3. The second-order valence-corrected chi connectivity index (χ2v) is 10.4. The molecule has 3 aliphatic heterocycles. The Bertz CT molecular complexity index is 1460. The fourth-order valence-corrected chi connectivity index (χ4v) is 5.23. The highest BCUT2D eigenvalue weighted by molar-refractivity contribution is 5.94. The molecule has 3 aliphatic rings. The molecular formula is C27H40N10O7. The van der Waals surface area contributed by atoms with E-state index in [1.165, 1.54) is 15.7 Å². The molecule has 6 atom stereocenters. The van der Waals surface area contributed by atoms with Crippen LogP contribution in [0.2, 0.25) is 0 Å². The fourth-order valence-electron chi connectivity index (χ4n) is 5.23. The van der Waals surface area contributed by atoms with Gasteiger partial charge in [-0.15, -0.1) is 0 Å². The molecule has 44 heavy (non-hydrogen) atoms. The maximum Gasteiger partial charge on any atom is 0.333 e. The predicted octanol–water partition coefficient (Wildman–Crippen LogP) is 2.92. The Balaban J connectivity index is 0.000000241. The molecule has 2 unspecified atom stereocenters. The van der Waals surface area contributed by atoms with Crippen molar-refractivity contribution in [1.29, 1.82) is 0 Å². The number of aryl methyl sites for hydroxylation is 1. The van der Waals surface area contributed by atoms with E-state index in [1.807, 2.05) is 6.92 Å². The van der Waals surface area contributed by atoms with Crippen molar-refractivity contribution < 1.29 is 23.7 Å². The third-order valence-corrected chi connectivity index (χ3v) is 7.59. The number of hydrogen-bond donors (Lipinski definition) is 0. The van der Waals surface area contributed by atoms with Crippen molar-refractivity contribution in [3.63, 3.8) is 0 Å². The lowest BCUT2D eigenvalue weighted by Gasteiger charge is -2.37. The number of nitrogens with zero attached hydrogens (tertiary/aromatic N) is 10. The van der Waals surface area contributed by atoms with Gasteiger partial charge in [0.1, 0.15) is 18.3 Å². The first-order chi connectivity index (χ1) is 21.0. The van der Waals surface area contributed by atoms with Crippen molar-refractivity contribution in [3.8, 4) is 0 Å². The van der Waals surface area contributed by atoms with E-state index in [1.54, 1.807) is 46.0 Å². The molecule has 4 heterocycles.